The first-order valence-corrected chi connectivity index (χ1v) is 6.12. The van der Waals surface area contributed by atoms with Crippen molar-refractivity contribution < 1.29 is 18.7 Å². The molecule has 1 aromatic carbocycles. The van der Waals surface area contributed by atoms with Crippen LogP contribution in [0.1, 0.15) is 18.8 Å². The van der Waals surface area contributed by atoms with Crippen molar-refractivity contribution in [2.75, 3.05) is 6.61 Å². The first-order valence-electron chi connectivity index (χ1n) is 6.12. The predicted molar refractivity (Wildman–Crippen MR) is 69.0 cm³/mol. The maximum absolute atomic E-state index is 11.8. The molecule has 5 heteroatoms. The van der Waals surface area contributed by atoms with Crippen molar-refractivity contribution in [2.24, 2.45) is 4.99 Å². The summed E-state index contributed by atoms with van der Waals surface area (Å²) in [5.74, 6) is 0.179. The molecule has 0 aliphatic carbocycles. The van der Waals surface area contributed by atoms with Gasteiger partial charge in [-0.15, -0.1) is 0 Å². The van der Waals surface area contributed by atoms with E-state index in [1.807, 2.05) is 30.3 Å². The predicted octanol–water partition coefficient (Wildman–Crippen LogP) is 2.46. The standard InChI is InChI=1S/C14H13NO4/c1-2-17-14(16)12-13(18-8-15-12)11-7-9-5-3-4-6-10(9)19-11/h3-8,12-13H,2H2,1H3. The van der Waals surface area contributed by atoms with Gasteiger partial charge in [0.15, 0.2) is 18.5 Å². The lowest BCUT2D eigenvalue weighted by atomic mass is 10.1. The molecule has 2 atom stereocenters. The Morgan fingerprint density at radius 2 is 2.26 bits per heavy atom. The van der Waals surface area contributed by atoms with Gasteiger partial charge in [-0.25, -0.2) is 9.79 Å². The third-order valence-corrected chi connectivity index (χ3v) is 2.97. The molecule has 3 rings (SSSR count). The van der Waals surface area contributed by atoms with Gasteiger partial charge >= 0.3 is 5.97 Å². The van der Waals surface area contributed by atoms with E-state index in [0.29, 0.717) is 12.4 Å². The quantitative estimate of drug-likeness (QED) is 0.794. The second kappa shape index (κ2) is 4.76. The highest BCUT2D eigenvalue weighted by atomic mass is 16.5. The van der Waals surface area contributed by atoms with Crippen LogP contribution in [0.5, 0.6) is 0 Å². The summed E-state index contributed by atoms with van der Waals surface area (Å²) in [5.41, 5.74) is 0.760. The van der Waals surface area contributed by atoms with E-state index in [1.54, 1.807) is 6.92 Å². The van der Waals surface area contributed by atoms with Gasteiger partial charge in [-0.3, -0.25) is 0 Å². The minimum atomic E-state index is -0.694. The third kappa shape index (κ3) is 2.07. The van der Waals surface area contributed by atoms with Gasteiger partial charge in [0.05, 0.1) is 6.61 Å². The number of benzene rings is 1. The van der Waals surface area contributed by atoms with Crippen molar-refractivity contribution in [3.05, 3.63) is 36.1 Å². The molecular weight excluding hydrogens is 246 g/mol. The molecule has 0 radical (unpaired) electrons. The fourth-order valence-electron chi connectivity index (χ4n) is 2.10. The van der Waals surface area contributed by atoms with Gasteiger partial charge in [0.1, 0.15) is 11.3 Å². The zero-order valence-electron chi connectivity index (χ0n) is 10.4. The molecule has 0 spiro atoms. The molecule has 5 nitrogen and oxygen atoms in total. The largest absolute Gasteiger partial charge is 0.469 e. The molecule has 0 amide bonds. The first kappa shape index (κ1) is 11.8. The van der Waals surface area contributed by atoms with Crippen LogP contribution in [0.15, 0.2) is 39.7 Å². The highest BCUT2D eigenvalue weighted by Crippen LogP contribution is 2.32. The summed E-state index contributed by atoms with van der Waals surface area (Å²) < 4.78 is 16.0. The zero-order chi connectivity index (χ0) is 13.2. The maximum atomic E-state index is 11.8. The number of aliphatic imine (C=N–C) groups is 1. The number of ether oxygens (including phenoxy) is 2. The van der Waals surface area contributed by atoms with Gasteiger partial charge in [0.2, 0.25) is 0 Å². The Morgan fingerprint density at radius 3 is 3.05 bits per heavy atom. The smallest absolute Gasteiger partial charge is 0.335 e. The van der Waals surface area contributed by atoms with E-state index in [4.69, 9.17) is 13.9 Å². The number of esters is 1. The average molecular weight is 259 g/mol. The molecule has 1 aromatic heterocycles. The molecule has 19 heavy (non-hydrogen) atoms. The Hall–Kier alpha value is -2.30. The van der Waals surface area contributed by atoms with Gasteiger partial charge < -0.3 is 13.9 Å². The van der Waals surface area contributed by atoms with Crippen molar-refractivity contribution >= 4 is 23.3 Å². The molecule has 0 fully saturated rings. The molecule has 2 aromatic rings. The van der Waals surface area contributed by atoms with Crippen LogP contribution in [-0.4, -0.2) is 25.0 Å². The minimum Gasteiger partial charge on any atom is -0.469 e. The lowest BCUT2D eigenvalue weighted by Crippen LogP contribution is -2.26. The van der Waals surface area contributed by atoms with Crippen LogP contribution in [0.4, 0.5) is 0 Å². The highest BCUT2D eigenvalue weighted by Gasteiger charge is 2.37. The van der Waals surface area contributed by atoms with Crippen LogP contribution >= 0.6 is 0 Å². The normalized spacial score (nSPS) is 21.5. The fraction of sp³-hybridized carbons (Fsp3) is 0.286. The summed E-state index contributed by atoms with van der Waals surface area (Å²) in [4.78, 5) is 15.8. The number of fused-ring (bicyclic) bond motifs is 1. The second-order valence-electron chi connectivity index (χ2n) is 4.19. The number of para-hydroxylation sites is 1. The number of hydrogen-bond acceptors (Lipinski definition) is 5. The number of nitrogens with zero attached hydrogens (tertiary/aromatic N) is 1. The van der Waals surface area contributed by atoms with Crippen molar-refractivity contribution in [1.82, 2.24) is 0 Å². The Bertz CT molecular complexity index is 598. The van der Waals surface area contributed by atoms with Crippen LogP contribution in [0.2, 0.25) is 0 Å². The number of carbonyl (C=O) groups is 1. The summed E-state index contributed by atoms with van der Waals surface area (Å²) in [5, 5.41) is 0.968. The van der Waals surface area contributed by atoms with Crippen molar-refractivity contribution in [3.63, 3.8) is 0 Å². The molecular formula is C14H13NO4. The fourth-order valence-corrected chi connectivity index (χ4v) is 2.10. The number of carbonyl (C=O) groups excluding carboxylic acids is 1. The lowest BCUT2D eigenvalue weighted by molar-refractivity contribution is -0.146. The summed E-state index contributed by atoms with van der Waals surface area (Å²) >= 11 is 0. The van der Waals surface area contributed by atoms with E-state index < -0.39 is 18.1 Å². The Morgan fingerprint density at radius 1 is 1.42 bits per heavy atom. The van der Waals surface area contributed by atoms with Crippen LogP contribution in [0.25, 0.3) is 11.0 Å². The molecule has 1 aliphatic heterocycles. The monoisotopic (exact) mass is 259 g/mol. The maximum Gasteiger partial charge on any atom is 0.335 e. The topological polar surface area (TPSA) is 61.0 Å². The van der Waals surface area contributed by atoms with Gasteiger partial charge in [0.25, 0.3) is 0 Å². The zero-order valence-corrected chi connectivity index (χ0v) is 10.4. The van der Waals surface area contributed by atoms with Gasteiger partial charge in [-0.05, 0) is 19.1 Å². The molecule has 0 saturated carbocycles. The molecule has 0 N–H and O–H groups in total. The summed E-state index contributed by atoms with van der Waals surface area (Å²) in [6.07, 6.45) is 0.728. The lowest BCUT2D eigenvalue weighted by Gasteiger charge is -2.13. The number of rotatable bonds is 3. The van der Waals surface area contributed by atoms with Gasteiger partial charge in [-0.2, -0.15) is 0 Å². The SMILES string of the molecule is CCOC(=O)C1N=COC1c1cc2ccccc2o1. The Labute approximate surface area is 109 Å². The number of furan rings is 1. The number of hydrogen-bond donors (Lipinski definition) is 0. The summed E-state index contributed by atoms with van der Waals surface area (Å²) in [6, 6.07) is 8.80. The van der Waals surface area contributed by atoms with E-state index in [0.717, 1.165) is 11.0 Å². The second-order valence-corrected chi connectivity index (χ2v) is 4.19. The molecule has 0 saturated heterocycles. The van der Waals surface area contributed by atoms with E-state index >= 15 is 0 Å². The van der Waals surface area contributed by atoms with Gasteiger partial charge in [-0.1, -0.05) is 18.2 Å². The Balaban J connectivity index is 1.90. The molecule has 1 aliphatic rings. The van der Waals surface area contributed by atoms with Crippen molar-refractivity contribution in [1.29, 1.82) is 0 Å². The minimum absolute atomic E-state index is 0.317. The molecule has 2 unspecified atom stereocenters. The summed E-state index contributed by atoms with van der Waals surface area (Å²) in [6.45, 7) is 2.07. The Kier molecular flexibility index (Phi) is 2.95. The molecule has 2 heterocycles. The van der Waals surface area contributed by atoms with Crippen LogP contribution in [-0.2, 0) is 14.3 Å². The van der Waals surface area contributed by atoms with E-state index in [-0.39, 0.29) is 0 Å². The highest BCUT2D eigenvalue weighted by molar-refractivity contribution is 5.81. The van der Waals surface area contributed by atoms with Crippen LogP contribution < -0.4 is 0 Å². The molecule has 98 valence electrons. The third-order valence-electron chi connectivity index (χ3n) is 2.97. The molecule has 0 bridgehead atoms. The first-order chi connectivity index (χ1) is 9.29. The van der Waals surface area contributed by atoms with E-state index in [1.165, 1.54) is 6.40 Å². The summed E-state index contributed by atoms with van der Waals surface area (Å²) in [7, 11) is 0. The van der Waals surface area contributed by atoms with Gasteiger partial charge in [0, 0.05) is 5.39 Å². The van der Waals surface area contributed by atoms with E-state index in [9.17, 15) is 4.79 Å². The van der Waals surface area contributed by atoms with Crippen LogP contribution in [0.3, 0.4) is 0 Å². The van der Waals surface area contributed by atoms with Crippen molar-refractivity contribution in [3.8, 4) is 0 Å². The average Bonchev–Trinajstić information content (AvgIpc) is 3.05. The van der Waals surface area contributed by atoms with E-state index in [2.05, 4.69) is 4.99 Å². The van der Waals surface area contributed by atoms with Crippen LogP contribution in [0, 0.1) is 0 Å². The van der Waals surface area contributed by atoms with Crippen molar-refractivity contribution in [2.45, 2.75) is 19.1 Å².